The van der Waals surface area contributed by atoms with Crippen molar-refractivity contribution < 1.29 is 9.13 Å². The first-order valence-corrected chi connectivity index (χ1v) is 11.5. The fraction of sp³-hybridized carbons (Fsp3) is 0.481. The number of rotatable bonds is 5. The number of allylic oxidation sites excluding steroid dienone is 3. The normalized spacial score (nSPS) is 29.3. The number of halogens is 1. The van der Waals surface area contributed by atoms with Gasteiger partial charge >= 0.3 is 0 Å². The Morgan fingerprint density at radius 2 is 1.93 bits per heavy atom. The maximum Gasteiger partial charge on any atom is 0.181 e. The summed E-state index contributed by atoms with van der Waals surface area (Å²) in [5.41, 5.74) is 0.989. The molecule has 1 saturated carbocycles. The maximum atomic E-state index is 14.6. The number of nitrogens with one attached hydrogen (secondary N) is 1. The fourth-order valence-electron chi connectivity index (χ4n) is 5.61. The minimum absolute atomic E-state index is 0.218. The van der Waals surface area contributed by atoms with E-state index in [1.54, 1.807) is 0 Å². The smallest absolute Gasteiger partial charge is 0.181 e. The molecule has 0 amide bonds. The van der Waals surface area contributed by atoms with E-state index in [4.69, 9.17) is 4.74 Å². The summed E-state index contributed by atoms with van der Waals surface area (Å²) >= 11 is 0. The molecule has 2 nitrogen and oxygen atoms in total. The molecule has 1 aliphatic heterocycles. The average molecular weight is 406 g/mol. The Kier molecular flexibility index (Phi) is 5.51. The highest BCUT2D eigenvalue weighted by molar-refractivity contribution is 5.86. The van der Waals surface area contributed by atoms with Crippen LogP contribution in [0.5, 0.6) is 0 Å². The van der Waals surface area contributed by atoms with Gasteiger partial charge in [-0.2, -0.15) is 0 Å². The van der Waals surface area contributed by atoms with Gasteiger partial charge in [0.2, 0.25) is 0 Å². The molecule has 2 fully saturated rings. The van der Waals surface area contributed by atoms with Crippen LogP contribution in [0.25, 0.3) is 10.8 Å². The van der Waals surface area contributed by atoms with Crippen LogP contribution in [0.4, 0.5) is 4.39 Å². The molecule has 1 unspecified atom stereocenters. The second kappa shape index (κ2) is 8.28. The largest absolute Gasteiger partial charge is 0.374 e. The van der Waals surface area contributed by atoms with Gasteiger partial charge in [-0.05, 0) is 66.4 Å². The molecule has 1 heterocycles. The zero-order chi connectivity index (χ0) is 20.6. The van der Waals surface area contributed by atoms with E-state index >= 15 is 0 Å². The molecule has 3 heteroatoms. The van der Waals surface area contributed by atoms with E-state index in [2.05, 4.69) is 66.9 Å². The topological polar surface area (TPSA) is 21.3 Å². The number of benzene rings is 2. The molecular weight excluding hydrogens is 373 g/mol. The summed E-state index contributed by atoms with van der Waals surface area (Å²) < 4.78 is 19.7. The number of ether oxygens (including phenoxy) is 1. The third kappa shape index (κ3) is 3.86. The Hall–Kier alpha value is -1.97. The second-order valence-electron chi connectivity index (χ2n) is 9.46. The molecule has 0 radical (unpaired) electrons. The summed E-state index contributed by atoms with van der Waals surface area (Å²) in [6.45, 7) is 2.73. The Balaban J connectivity index is 1.22. The van der Waals surface area contributed by atoms with Crippen LogP contribution < -0.4 is 5.32 Å². The van der Waals surface area contributed by atoms with Gasteiger partial charge in [0.15, 0.2) is 5.67 Å². The van der Waals surface area contributed by atoms with Crippen molar-refractivity contribution in [3.8, 4) is 0 Å². The fourth-order valence-corrected chi connectivity index (χ4v) is 5.61. The molecule has 5 rings (SSSR count). The lowest BCUT2D eigenvalue weighted by Crippen LogP contribution is -2.47. The molecule has 2 aromatic rings. The Morgan fingerprint density at radius 3 is 2.70 bits per heavy atom. The molecule has 2 aliphatic carbocycles. The van der Waals surface area contributed by atoms with Crippen LogP contribution in [0.2, 0.25) is 0 Å². The summed E-state index contributed by atoms with van der Waals surface area (Å²) in [6, 6.07) is 16.2. The lowest BCUT2D eigenvalue weighted by Gasteiger charge is -2.39. The third-order valence-corrected chi connectivity index (χ3v) is 7.41. The van der Waals surface area contributed by atoms with Gasteiger partial charge in [0, 0.05) is 12.1 Å². The van der Waals surface area contributed by atoms with Gasteiger partial charge in [0.05, 0.1) is 13.2 Å². The first-order chi connectivity index (χ1) is 14.6. The van der Waals surface area contributed by atoms with E-state index in [1.165, 1.54) is 42.0 Å². The van der Waals surface area contributed by atoms with Gasteiger partial charge in [0.1, 0.15) is 0 Å². The summed E-state index contributed by atoms with van der Waals surface area (Å²) in [6.07, 6.45) is 12.4. The third-order valence-electron chi connectivity index (χ3n) is 7.41. The van der Waals surface area contributed by atoms with Gasteiger partial charge in [-0.1, -0.05) is 67.1 Å². The molecular formula is C27H32FNO. The van der Waals surface area contributed by atoms with Crippen molar-refractivity contribution in [2.45, 2.75) is 56.8 Å². The van der Waals surface area contributed by atoms with Gasteiger partial charge < -0.3 is 10.1 Å². The van der Waals surface area contributed by atoms with Crippen LogP contribution >= 0.6 is 0 Å². The molecule has 0 aromatic heterocycles. The van der Waals surface area contributed by atoms with Crippen LogP contribution in [0.3, 0.4) is 0 Å². The van der Waals surface area contributed by atoms with E-state index in [0.29, 0.717) is 23.9 Å². The molecule has 0 spiro atoms. The molecule has 1 N–H and O–H groups in total. The standard InChI is InChI=1S/C27H32FNO/c1-19(25-11-5-7-21-6-2-3-10-26(21)25)29-24-9-4-8-22(16-24)20-12-14-23(15-13-20)27(28)17-30-18-27/h2-3,5-7,10-12,14-15,19-20,22,24,29H,4,8-9,13,16-18H2,1H3/t19-,20?,22+,24+/m1/s1. The molecule has 2 aromatic carbocycles. The second-order valence-corrected chi connectivity index (χ2v) is 9.46. The van der Waals surface area contributed by atoms with E-state index in [1.807, 2.05) is 6.08 Å². The van der Waals surface area contributed by atoms with Crippen molar-refractivity contribution in [3.05, 3.63) is 71.8 Å². The molecule has 30 heavy (non-hydrogen) atoms. The lowest BCUT2D eigenvalue weighted by molar-refractivity contribution is -0.105. The first-order valence-electron chi connectivity index (χ1n) is 11.5. The van der Waals surface area contributed by atoms with Gasteiger partial charge in [-0.3, -0.25) is 0 Å². The Bertz CT molecular complexity index is 955. The minimum atomic E-state index is -1.23. The van der Waals surface area contributed by atoms with E-state index < -0.39 is 5.67 Å². The summed E-state index contributed by atoms with van der Waals surface area (Å²) in [4.78, 5) is 0. The van der Waals surface area contributed by atoms with Crippen molar-refractivity contribution in [2.24, 2.45) is 11.8 Å². The first kappa shape index (κ1) is 20.0. The number of fused-ring (bicyclic) bond motifs is 1. The highest BCUT2D eigenvalue weighted by Gasteiger charge is 2.42. The van der Waals surface area contributed by atoms with Crippen molar-refractivity contribution in [2.75, 3.05) is 13.2 Å². The van der Waals surface area contributed by atoms with Crippen LogP contribution in [-0.2, 0) is 4.74 Å². The summed E-state index contributed by atoms with van der Waals surface area (Å²) in [7, 11) is 0. The predicted octanol–water partition coefficient (Wildman–Crippen LogP) is 6.29. The van der Waals surface area contributed by atoms with E-state index in [0.717, 1.165) is 12.0 Å². The van der Waals surface area contributed by atoms with Crippen molar-refractivity contribution in [1.29, 1.82) is 0 Å². The lowest BCUT2D eigenvalue weighted by atomic mass is 9.73. The van der Waals surface area contributed by atoms with Gasteiger partial charge in [-0.15, -0.1) is 0 Å². The molecule has 1 saturated heterocycles. The number of hydrogen-bond acceptors (Lipinski definition) is 2. The molecule has 4 atom stereocenters. The van der Waals surface area contributed by atoms with Crippen molar-refractivity contribution >= 4 is 10.8 Å². The maximum absolute atomic E-state index is 14.6. The monoisotopic (exact) mass is 405 g/mol. The molecule has 3 aliphatic rings. The van der Waals surface area contributed by atoms with E-state index in [-0.39, 0.29) is 13.2 Å². The van der Waals surface area contributed by atoms with Crippen LogP contribution in [0.15, 0.2) is 66.3 Å². The average Bonchev–Trinajstić information content (AvgIpc) is 2.77. The van der Waals surface area contributed by atoms with Crippen LogP contribution in [-0.4, -0.2) is 24.9 Å². The highest BCUT2D eigenvalue weighted by atomic mass is 19.1. The summed E-state index contributed by atoms with van der Waals surface area (Å²) in [5.74, 6) is 1.22. The number of hydrogen-bond donors (Lipinski definition) is 1. The molecule has 158 valence electrons. The zero-order valence-electron chi connectivity index (χ0n) is 17.8. The highest BCUT2D eigenvalue weighted by Crippen LogP contribution is 2.39. The SMILES string of the molecule is C[C@@H](N[C@H]1CCC[C@H](C2C=CC(C3(F)COC3)=CC2)C1)c1cccc2ccccc12. The van der Waals surface area contributed by atoms with Gasteiger partial charge in [-0.25, -0.2) is 4.39 Å². The van der Waals surface area contributed by atoms with E-state index in [9.17, 15) is 4.39 Å². The zero-order valence-corrected chi connectivity index (χ0v) is 17.8. The minimum Gasteiger partial charge on any atom is -0.374 e. The quantitative estimate of drug-likeness (QED) is 0.631. The number of alkyl halides is 1. The predicted molar refractivity (Wildman–Crippen MR) is 121 cm³/mol. The Morgan fingerprint density at radius 1 is 1.10 bits per heavy atom. The molecule has 0 bridgehead atoms. The van der Waals surface area contributed by atoms with Crippen molar-refractivity contribution in [1.82, 2.24) is 5.32 Å². The van der Waals surface area contributed by atoms with Crippen LogP contribution in [0.1, 0.15) is 50.6 Å². The summed E-state index contributed by atoms with van der Waals surface area (Å²) in [5, 5.41) is 6.59. The van der Waals surface area contributed by atoms with Crippen LogP contribution in [0, 0.1) is 11.8 Å². The Labute approximate surface area is 179 Å². The van der Waals surface area contributed by atoms with Gasteiger partial charge in [0.25, 0.3) is 0 Å². The van der Waals surface area contributed by atoms with Crippen molar-refractivity contribution in [3.63, 3.8) is 0 Å².